The third-order valence-corrected chi connectivity index (χ3v) is 7.12. The van der Waals surface area contributed by atoms with Crippen LogP contribution in [0.3, 0.4) is 0 Å². The van der Waals surface area contributed by atoms with Crippen molar-refractivity contribution in [1.82, 2.24) is 15.2 Å². The predicted molar refractivity (Wildman–Crippen MR) is 110 cm³/mol. The first kappa shape index (κ1) is 20.7. The summed E-state index contributed by atoms with van der Waals surface area (Å²) in [5, 5.41) is 4.36. The molecule has 0 unspecified atom stereocenters. The van der Waals surface area contributed by atoms with Crippen LogP contribution in [0, 0.1) is 30.6 Å². The van der Waals surface area contributed by atoms with Crippen LogP contribution in [0.4, 0.5) is 0 Å². The number of carbonyl (C=O) groups is 1. The van der Waals surface area contributed by atoms with Crippen molar-refractivity contribution in [2.24, 2.45) is 16.7 Å². The predicted octanol–water partition coefficient (Wildman–Crippen LogP) is 3.54. The number of nitrogens with one attached hydrogen (secondary N) is 1. The quantitative estimate of drug-likeness (QED) is 0.831. The van der Waals surface area contributed by atoms with Gasteiger partial charge in [-0.25, -0.2) is 4.98 Å². The molecule has 0 radical (unpaired) electrons. The first-order valence-corrected chi connectivity index (χ1v) is 11.0. The fraction of sp³-hybridized carbons (Fsp3) is 0.810. The van der Waals surface area contributed by atoms with Crippen LogP contribution in [-0.2, 0) is 16.1 Å². The summed E-state index contributed by atoms with van der Waals surface area (Å²) in [5.74, 6) is 0.302. The number of aryl methyl sites for hydroxylation is 2. The average Bonchev–Trinajstić information content (AvgIpc) is 3.07. The molecule has 1 aromatic heterocycles. The molecule has 6 heteroatoms. The molecule has 0 saturated carbocycles. The smallest absolute Gasteiger partial charge is 0.225 e. The molecular weight excluding hydrogens is 358 g/mol. The minimum Gasteiger partial charge on any atom is -0.381 e. The lowest BCUT2D eigenvalue weighted by Crippen LogP contribution is -2.44. The summed E-state index contributed by atoms with van der Waals surface area (Å²) >= 11 is 1.78. The second-order valence-corrected chi connectivity index (χ2v) is 10.8. The molecule has 3 heterocycles. The standard InChI is InChI=1S/C21H35N3O2S/c1-15-18(27-16(2)23-15)13-24-12-17(19(25)22-9-6-20(3,4)5)21(14-24)7-10-26-11-8-21/h17H,6-14H2,1-5H3,(H,22,25)/t17-/m1/s1. The van der Waals surface area contributed by atoms with Gasteiger partial charge in [-0.05, 0) is 38.5 Å². The summed E-state index contributed by atoms with van der Waals surface area (Å²) in [4.78, 5) is 21.5. The molecule has 0 aliphatic carbocycles. The molecule has 2 aliphatic heterocycles. The van der Waals surface area contributed by atoms with Crippen molar-refractivity contribution in [2.45, 2.75) is 60.4 Å². The highest BCUT2D eigenvalue weighted by Crippen LogP contribution is 2.45. The van der Waals surface area contributed by atoms with Crippen LogP contribution in [0.1, 0.15) is 55.6 Å². The topological polar surface area (TPSA) is 54.5 Å². The number of ether oxygens (including phenoxy) is 1. The van der Waals surface area contributed by atoms with Gasteiger partial charge >= 0.3 is 0 Å². The number of thiazole rings is 1. The molecule has 27 heavy (non-hydrogen) atoms. The van der Waals surface area contributed by atoms with Gasteiger partial charge in [0, 0.05) is 49.7 Å². The Kier molecular flexibility index (Phi) is 6.28. The summed E-state index contributed by atoms with van der Waals surface area (Å²) in [7, 11) is 0. The van der Waals surface area contributed by atoms with Gasteiger partial charge in [0.2, 0.25) is 5.91 Å². The molecule has 0 bridgehead atoms. The van der Waals surface area contributed by atoms with Gasteiger partial charge in [-0.1, -0.05) is 20.8 Å². The van der Waals surface area contributed by atoms with Gasteiger partial charge in [-0.15, -0.1) is 11.3 Å². The van der Waals surface area contributed by atoms with E-state index in [2.05, 4.69) is 49.8 Å². The van der Waals surface area contributed by atoms with E-state index in [1.54, 1.807) is 11.3 Å². The molecule has 2 aliphatic rings. The van der Waals surface area contributed by atoms with Crippen molar-refractivity contribution in [3.8, 4) is 0 Å². The van der Waals surface area contributed by atoms with Gasteiger partial charge in [0.05, 0.1) is 16.6 Å². The average molecular weight is 394 g/mol. The Balaban J connectivity index is 1.68. The number of hydrogen-bond donors (Lipinski definition) is 1. The number of amides is 1. The summed E-state index contributed by atoms with van der Waals surface area (Å²) < 4.78 is 5.63. The van der Waals surface area contributed by atoms with Crippen LogP contribution in [0.2, 0.25) is 0 Å². The number of carbonyl (C=O) groups excluding carboxylic acids is 1. The van der Waals surface area contributed by atoms with Crippen molar-refractivity contribution >= 4 is 17.2 Å². The molecular formula is C21H35N3O2S. The van der Waals surface area contributed by atoms with Crippen LogP contribution in [0.25, 0.3) is 0 Å². The number of likely N-dealkylation sites (tertiary alicyclic amines) is 1. The van der Waals surface area contributed by atoms with Gasteiger partial charge in [0.15, 0.2) is 0 Å². The Labute approximate surface area is 167 Å². The van der Waals surface area contributed by atoms with Crippen molar-refractivity contribution in [3.05, 3.63) is 15.6 Å². The van der Waals surface area contributed by atoms with Crippen LogP contribution in [0.15, 0.2) is 0 Å². The lowest BCUT2D eigenvalue weighted by molar-refractivity contribution is -0.129. The number of rotatable bonds is 5. The first-order valence-electron chi connectivity index (χ1n) is 10.2. The minimum atomic E-state index is 0.0655. The summed E-state index contributed by atoms with van der Waals surface area (Å²) in [6.45, 7) is 15.9. The Bertz CT molecular complexity index is 659. The number of aromatic nitrogens is 1. The minimum absolute atomic E-state index is 0.0655. The Morgan fingerprint density at radius 1 is 1.33 bits per heavy atom. The lowest BCUT2D eigenvalue weighted by atomic mass is 9.71. The largest absolute Gasteiger partial charge is 0.381 e. The molecule has 3 rings (SSSR count). The normalized spacial score (nSPS) is 23.1. The zero-order valence-electron chi connectivity index (χ0n) is 17.6. The molecule has 5 nitrogen and oxygen atoms in total. The van der Waals surface area contributed by atoms with E-state index in [-0.39, 0.29) is 22.7 Å². The third-order valence-electron chi connectivity index (χ3n) is 6.06. The molecule has 1 atom stereocenters. The second kappa shape index (κ2) is 8.18. The van der Waals surface area contributed by atoms with E-state index >= 15 is 0 Å². The van der Waals surface area contributed by atoms with E-state index in [1.165, 1.54) is 4.88 Å². The fourth-order valence-corrected chi connectivity index (χ4v) is 5.42. The maximum absolute atomic E-state index is 13.1. The van der Waals surface area contributed by atoms with Crippen molar-refractivity contribution in [2.75, 3.05) is 32.8 Å². The van der Waals surface area contributed by atoms with E-state index in [4.69, 9.17) is 4.74 Å². The molecule has 152 valence electrons. The molecule has 1 aromatic rings. The Hall–Kier alpha value is -0.980. The highest BCUT2D eigenvalue weighted by atomic mass is 32.1. The molecule has 1 N–H and O–H groups in total. The van der Waals surface area contributed by atoms with Gasteiger partial charge in [-0.2, -0.15) is 0 Å². The van der Waals surface area contributed by atoms with Crippen molar-refractivity contribution in [1.29, 1.82) is 0 Å². The highest BCUT2D eigenvalue weighted by molar-refractivity contribution is 7.11. The monoisotopic (exact) mass is 393 g/mol. The third kappa shape index (κ3) is 5.09. The van der Waals surface area contributed by atoms with Gasteiger partial charge in [0.25, 0.3) is 0 Å². The SMILES string of the molecule is Cc1nc(C)c(CN2C[C@H](C(=O)NCCC(C)(C)C)C3(CCOCC3)C2)s1. The van der Waals surface area contributed by atoms with Crippen molar-refractivity contribution in [3.63, 3.8) is 0 Å². The Morgan fingerprint density at radius 3 is 2.63 bits per heavy atom. The molecule has 1 amide bonds. The molecule has 2 saturated heterocycles. The highest BCUT2D eigenvalue weighted by Gasteiger charge is 2.50. The zero-order chi connectivity index (χ0) is 19.7. The van der Waals surface area contributed by atoms with E-state index < -0.39 is 0 Å². The van der Waals surface area contributed by atoms with Gasteiger partial charge in [0.1, 0.15) is 0 Å². The molecule has 0 aromatic carbocycles. The summed E-state index contributed by atoms with van der Waals surface area (Å²) in [6, 6.07) is 0. The Morgan fingerprint density at radius 2 is 2.04 bits per heavy atom. The summed E-state index contributed by atoms with van der Waals surface area (Å²) in [6.07, 6.45) is 2.98. The maximum Gasteiger partial charge on any atom is 0.225 e. The van der Waals surface area contributed by atoms with Crippen LogP contribution in [0.5, 0.6) is 0 Å². The van der Waals surface area contributed by atoms with Crippen LogP contribution >= 0.6 is 11.3 Å². The van der Waals surface area contributed by atoms with Gasteiger partial charge in [-0.3, -0.25) is 9.69 Å². The van der Waals surface area contributed by atoms with Crippen LogP contribution < -0.4 is 5.32 Å². The summed E-state index contributed by atoms with van der Waals surface area (Å²) in [5.41, 5.74) is 1.45. The van der Waals surface area contributed by atoms with E-state index in [0.717, 1.165) is 69.4 Å². The molecule has 2 fully saturated rings. The van der Waals surface area contributed by atoms with Crippen LogP contribution in [-0.4, -0.2) is 48.6 Å². The maximum atomic E-state index is 13.1. The number of nitrogens with zero attached hydrogens (tertiary/aromatic N) is 2. The first-order chi connectivity index (χ1) is 12.7. The zero-order valence-corrected chi connectivity index (χ0v) is 18.4. The lowest BCUT2D eigenvalue weighted by Gasteiger charge is -2.37. The van der Waals surface area contributed by atoms with E-state index in [0.29, 0.717) is 0 Å². The van der Waals surface area contributed by atoms with Crippen molar-refractivity contribution < 1.29 is 9.53 Å². The molecule has 1 spiro atoms. The second-order valence-electron chi connectivity index (χ2n) is 9.54. The fourth-order valence-electron chi connectivity index (χ4n) is 4.45. The van der Waals surface area contributed by atoms with E-state index in [1.807, 2.05) is 0 Å². The number of hydrogen-bond acceptors (Lipinski definition) is 5. The van der Waals surface area contributed by atoms with Gasteiger partial charge < -0.3 is 10.1 Å². The van der Waals surface area contributed by atoms with E-state index in [9.17, 15) is 4.79 Å².